The quantitative estimate of drug-likeness (QED) is 0.486. The minimum Gasteiger partial charge on any atom is -0.481 e. The van der Waals surface area contributed by atoms with E-state index in [-0.39, 0.29) is 23.1 Å². The third kappa shape index (κ3) is 4.40. The van der Waals surface area contributed by atoms with E-state index >= 15 is 0 Å². The summed E-state index contributed by atoms with van der Waals surface area (Å²) in [5, 5.41) is 8.25. The van der Waals surface area contributed by atoms with Crippen molar-refractivity contribution in [1.82, 2.24) is 0 Å². The molecule has 2 radical (unpaired) electrons. The van der Waals surface area contributed by atoms with Gasteiger partial charge in [0.05, 0.1) is 5.41 Å². The summed E-state index contributed by atoms with van der Waals surface area (Å²) < 4.78 is 0. The average Bonchev–Trinajstić information content (AvgIpc) is 1.31. The van der Waals surface area contributed by atoms with Crippen molar-refractivity contribution in [2.45, 2.75) is 20.8 Å². The van der Waals surface area contributed by atoms with Gasteiger partial charge in [-0.1, -0.05) is 0 Å². The highest BCUT2D eigenvalue weighted by atomic mass is 24.3. The average molecular weight is 126 g/mol. The number of carboxylic acids is 1. The molecule has 0 unspecified atom stereocenters. The number of hydrogen-bond acceptors (Lipinski definition) is 1. The van der Waals surface area contributed by atoms with Crippen LogP contribution in [-0.4, -0.2) is 34.1 Å². The van der Waals surface area contributed by atoms with E-state index in [0.717, 1.165) is 0 Å². The lowest BCUT2D eigenvalue weighted by atomic mass is 9.98. The predicted molar refractivity (Wildman–Crippen MR) is 32.8 cm³/mol. The van der Waals surface area contributed by atoms with E-state index in [1.165, 1.54) is 0 Å². The van der Waals surface area contributed by atoms with E-state index < -0.39 is 11.4 Å². The van der Waals surface area contributed by atoms with Crippen LogP contribution in [0.5, 0.6) is 0 Å². The Hall–Kier alpha value is 0.236. The van der Waals surface area contributed by atoms with Crippen LogP contribution in [0.15, 0.2) is 0 Å². The monoisotopic (exact) mass is 126 g/mol. The summed E-state index contributed by atoms with van der Waals surface area (Å²) in [7, 11) is 0. The number of carboxylic acid groups (broad SMARTS) is 1. The summed E-state index contributed by atoms with van der Waals surface area (Å²) in [6, 6.07) is 0. The van der Waals surface area contributed by atoms with Gasteiger partial charge < -0.3 is 5.11 Å². The summed E-state index contributed by atoms with van der Waals surface area (Å²) in [6.07, 6.45) is 0. The Morgan fingerprint density at radius 1 is 1.38 bits per heavy atom. The number of rotatable bonds is 0. The standard InChI is InChI=1S/C5H10O2.Mg/c1-5(2,3)4(6)7;/h1-3H3,(H,6,7);. The van der Waals surface area contributed by atoms with Gasteiger partial charge in [0.2, 0.25) is 0 Å². The van der Waals surface area contributed by atoms with Crippen LogP contribution in [-0.2, 0) is 4.79 Å². The van der Waals surface area contributed by atoms with E-state index in [2.05, 4.69) is 0 Å². The maximum atomic E-state index is 10.0. The molecule has 3 heteroatoms. The van der Waals surface area contributed by atoms with Crippen molar-refractivity contribution in [2.75, 3.05) is 0 Å². The first kappa shape index (κ1) is 11.1. The maximum Gasteiger partial charge on any atom is 0.308 e. The van der Waals surface area contributed by atoms with E-state index in [9.17, 15) is 4.79 Å². The van der Waals surface area contributed by atoms with Crippen LogP contribution in [0.25, 0.3) is 0 Å². The van der Waals surface area contributed by atoms with Gasteiger partial charge >= 0.3 is 5.97 Å². The van der Waals surface area contributed by atoms with Crippen LogP contribution in [0.1, 0.15) is 20.8 Å². The van der Waals surface area contributed by atoms with Gasteiger partial charge in [0, 0.05) is 23.1 Å². The molecular weight excluding hydrogens is 116 g/mol. The van der Waals surface area contributed by atoms with Gasteiger partial charge in [0.25, 0.3) is 0 Å². The second-order valence-corrected chi connectivity index (χ2v) is 2.56. The molecule has 0 atom stereocenters. The van der Waals surface area contributed by atoms with Gasteiger partial charge in [-0.05, 0) is 20.8 Å². The smallest absolute Gasteiger partial charge is 0.308 e. The molecule has 0 aliphatic rings. The Balaban J connectivity index is 0. The van der Waals surface area contributed by atoms with Crippen molar-refractivity contribution >= 4 is 29.0 Å². The second-order valence-electron chi connectivity index (χ2n) is 2.56. The minimum absolute atomic E-state index is 0. The predicted octanol–water partition coefficient (Wildman–Crippen LogP) is 0.736. The fraction of sp³-hybridized carbons (Fsp3) is 0.800. The third-order valence-electron chi connectivity index (χ3n) is 0.642. The second kappa shape index (κ2) is 3.30. The largest absolute Gasteiger partial charge is 0.481 e. The van der Waals surface area contributed by atoms with E-state index in [1.807, 2.05) is 0 Å². The fourth-order valence-corrected chi connectivity index (χ4v) is 0. The summed E-state index contributed by atoms with van der Waals surface area (Å²) in [4.78, 5) is 10.0. The van der Waals surface area contributed by atoms with Gasteiger partial charge in [-0.2, -0.15) is 0 Å². The first-order valence-electron chi connectivity index (χ1n) is 2.18. The molecule has 0 rings (SSSR count). The zero-order chi connectivity index (χ0) is 6.08. The van der Waals surface area contributed by atoms with Crippen molar-refractivity contribution in [3.63, 3.8) is 0 Å². The van der Waals surface area contributed by atoms with Crippen LogP contribution >= 0.6 is 0 Å². The topological polar surface area (TPSA) is 37.3 Å². The number of carbonyl (C=O) groups is 1. The van der Waals surface area contributed by atoms with Gasteiger partial charge in [-0.25, -0.2) is 0 Å². The molecule has 1 N–H and O–H groups in total. The van der Waals surface area contributed by atoms with Crippen molar-refractivity contribution in [1.29, 1.82) is 0 Å². The van der Waals surface area contributed by atoms with Crippen LogP contribution < -0.4 is 0 Å². The van der Waals surface area contributed by atoms with E-state index in [1.54, 1.807) is 20.8 Å². The number of hydrogen-bond donors (Lipinski definition) is 1. The molecular formula is C5H10MgO2. The number of aliphatic carboxylic acids is 1. The molecule has 0 amide bonds. The lowest BCUT2D eigenvalue weighted by Gasteiger charge is -2.08. The zero-order valence-corrected chi connectivity index (χ0v) is 6.98. The molecule has 0 saturated carbocycles. The highest BCUT2D eigenvalue weighted by Crippen LogP contribution is 2.11. The molecule has 0 aliphatic carbocycles. The Morgan fingerprint density at radius 3 is 1.50 bits per heavy atom. The summed E-state index contributed by atoms with van der Waals surface area (Å²) in [5.41, 5.74) is -0.583. The van der Waals surface area contributed by atoms with Crippen molar-refractivity contribution in [2.24, 2.45) is 5.41 Å². The molecule has 0 aromatic heterocycles. The van der Waals surface area contributed by atoms with Crippen LogP contribution in [0.3, 0.4) is 0 Å². The van der Waals surface area contributed by atoms with Crippen LogP contribution in [0.2, 0.25) is 0 Å². The Morgan fingerprint density at radius 2 is 1.50 bits per heavy atom. The molecule has 2 nitrogen and oxygen atoms in total. The SMILES string of the molecule is CC(C)(C)C(=O)O.[Mg]. The highest BCUT2D eigenvalue weighted by Gasteiger charge is 2.18. The first-order valence-corrected chi connectivity index (χ1v) is 2.18. The van der Waals surface area contributed by atoms with Crippen molar-refractivity contribution in [3.8, 4) is 0 Å². The zero-order valence-electron chi connectivity index (χ0n) is 5.56. The molecule has 0 bridgehead atoms. The summed E-state index contributed by atoms with van der Waals surface area (Å²) >= 11 is 0. The first-order chi connectivity index (χ1) is 2.94. The molecule has 0 fully saturated rings. The Labute approximate surface area is 65.4 Å². The lowest BCUT2D eigenvalue weighted by Crippen LogP contribution is -2.18. The molecule has 0 saturated heterocycles. The van der Waals surface area contributed by atoms with Gasteiger partial charge in [0.1, 0.15) is 0 Å². The molecule has 0 aromatic carbocycles. The van der Waals surface area contributed by atoms with Gasteiger partial charge in [-0.3, -0.25) is 4.79 Å². The van der Waals surface area contributed by atoms with Gasteiger partial charge in [0.15, 0.2) is 0 Å². The van der Waals surface area contributed by atoms with E-state index in [4.69, 9.17) is 5.11 Å². The van der Waals surface area contributed by atoms with Crippen molar-refractivity contribution < 1.29 is 9.90 Å². The fourth-order valence-electron chi connectivity index (χ4n) is 0. The molecule has 0 aliphatic heterocycles. The molecule has 0 spiro atoms. The van der Waals surface area contributed by atoms with E-state index in [0.29, 0.717) is 0 Å². The van der Waals surface area contributed by atoms with Gasteiger partial charge in [-0.15, -0.1) is 0 Å². The Bertz CT molecular complexity index is 82.9. The highest BCUT2D eigenvalue weighted by molar-refractivity contribution is 5.75. The molecule has 8 heavy (non-hydrogen) atoms. The summed E-state index contributed by atoms with van der Waals surface area (Å²) in [6.45, 7) is 4.99. The normalized spacial score (nSPS) is 9.88. The molecule has 44 valence electrons. The molecule has 0 aromatic rings. The Kier molecular flexibility index (Phi) is 4.57. The van der Waals surface area contributed by atoms with Crippen LogP contribution in [0.4, 0.5) is 0 Å². The maximum absolute atomic E-state index is 10.0. The van der Waals surface area contributed by atoms with Crippen LogP contribution in [0, 0.1) is 5.41 Å². The molecule has 0 heterocycles. The summed E-state index contributed by atoms with van der Waals surface area (Å²) in [5.74, 6) is -0.757. The minimum atomic E-state index is -0.757. The third-order valence-corrected chi connectivity index (χ3v) is 0.642. The lowest BCUT2D eigenvalue weighted by molar-refractivity contribution is -0.145. The van der Waals surface area contributed by atoms with Crippen molar-refractivity contribution in [3.05, 3.63) is 0 Å².